The van der Waals surface area contributed by atoms with Crippen LogP contribution in [0.15, 0.2) is 69.6 Å². The predicted molar refractivity (Wildman–Crippen MR) is 156 cm³/mol. The minimum atomic E-state index is -0.462. The Bertz CT molecular complexity index is 1300. The zero-order valence-electron chi connectivity index (χ0n) is 23.9. The summed E-state index contributed by atoms with van der Waals surface area (Å²) in [5.74, 6) is 0.436. The summed E-state index contributed by atoms with van der Waals surface area (Å²) in [5, 5.41) is 12.0. The topological polar surface area (TPSA) is 83.6 Å². The van der Waals surface area contributed by atoms with Gasteiger partial charge in [-0.2, -0.15) is 0 Å². The molecule has 206 valence electrons. The first-order valence-electron chi connectivity index (χ1n) is 13.2. The number of nitrogens with zero attached hydrogens (tertiary/aromatic N) is 2. The quantitative estimate of drug-likeness (QED) is 0.142. The van der Waals surface area contributed by atoms with Crippen molar-refractivity contribution in [1.29, 1.82) is 0 Å². The summed E-state index contributed by atoms with van der Waals surface area (Å²) in [7, 11) is 0. The molecule has 0 N–H and O–H groups in total. The Balaban J connectivity index is 2.43. The van der Waals surface area contributed by atoms with Crippen molar-refractivity contribution < 1.29 is 14.4 Å². The van der Waals surface area contributed by atoms with Crippen LogP contribution in [0.2, 0.25) is 0 Å². The van der Waals surface area contributed by atoms with Crippen LogP contribution in [0.5, 0.6) is 11.5 Å². The van der Waals surface area contributed by atoms with Crippen molar-refractivity contribution in [3.05, 3.63) is 85.3 Å². The fourth-order valence-corrected chi connectivity index (χ4v) is 4.00. The van der Waals surface area contributed by atoms with Crippen LogP contribution in [0.4, 0.5) is 5.69 Å². The van der Waals surface area contributed by atoms with E-state index in [1.807, 2.05) is 26.0 Å². The highest BCUT2D eigenvalue weighted by atomic mass is 16.6. The molecule has 0 bridgehead atoms. The van der Waals surface area contributed by atoms with Crippen LogP contribution in [0.3, 0.4) is 0 Å². The average Bonchev–Trinajstić information content (AvgIpc) is 2.84. The molecule has 0 atom stereocenters. The maximum Gasteiger partial charge on any atom is 0.297 e. The van der Waals surface area contributed by atoms with Crippen molar-refractivity contribution in [3.8, 4) is 11.5 Å². The molecule has 1 heterocycles. The van der Waals surface area contributed by atoms with Crippen molar-refractivity contribution in [2.45, 2.75) is 80.7 Å². The summed E-state index contributed by atoms with van der Waals surface area (Å²) in [6.07, 6.45) is 12.1. The Morgan fingerprint density at radius 3 is 1.87 bits per heavy atom. The normalized spacial score (nSPS) is 11.9. The van der Waals surface area contributed by atoms with Gasteiger partial charge in [0.2, 0.25) is 5.75 Å². The number of ether oxygens (including phenoxy) is 2. The molecule has 0 saturated heterocycles. The molecule has 38 heavy (non-hydrogen) atoms. The number of nitro benzene ring substituents is 1. The molecule has 1 aromatic carbocycles. The van der Waals surface area contributed by atoms with Crippen LogP contribution in [0, 0.1) is 10.1 Å². The molecule has 7 nitrogen and oxygen atoms in total. The number of hydrogen-bond acceptors (Lipinski definition) is 5. The lowest BCUT2D eigenvalue weighted by molar-refractivity contribution is -0.384. The molecule has 0 aliphatic carbocycles. The number of aryl methyl sites for hydroxylation is 1. The molecule has 2 aromatic rings. The van der Waals surface area contributed by atoms with E-state index in [1.165, 1.54) is 39.0 Å². The Hall–Kier alpha value is -3.61. The number of rotatable bonds is 14. The SMILES string of the molecule is CCn1c(=O)c(OCC=C(C)CCC=C(C)C)c(OCC=C(C)CCC=C(C)C)c2ccc([N+](=O)[O-])cc21. The van der Waals surface area contributed by atoms with Gasteiger partial charge in [-0.3, -0.25) is 14.9 Å². The fourth-order valence-electron chi connectivity index (χ4n) is 4.00. The van der Waals surface area contributed by atoms with Gasteiger partial charge < -0.3 is 14.0 Å². The third-order valence-electron chi connectivity index (χ3n) is 6.19. The zero-order valence-corrected chi connectivity index (χ0v) is 23.9. The van der Waals surface area contributed by atoms with Crippen LogP contribution >= 0.6 is 0 Å². The Morgan fingerprint density at radius 2 is 1.39 bits per heavy atom. The van der Waals surface area contributed by atoms with E-state index < -0.39 is 4.92 Å². The van der Waals surface area contributed by atoms with Crippen LogP contribution < -0.4 is 15.0 Å². The molecule has 0 unspecified atom stereocenters. The van der Waals surface area contributed by atoms with Gasteiger partial charge in [0, 0.05) is 24.1 Å². The number of allylic oxidation sites excluding steroid dienone is 6. The van der Waals surface area contributed by atoms with Gasteiger partial charge in [0.1, 0.15) is 13.2 Å². The van der Waals surface area contributed by atoms with Crippen molar-refractivity contribution in [3.63, 3.8) is 0 Å². The van der Waals surface area contributed by atoms with Gasteiger partial charge in [0.15, 0.2) is 5.75 Å². The molecule has 0 radical (unpaired) electrons. The number of fused-ring (bicyclic) bond motifs is 1. The number of benzene rings is 1. The standard InChI is InChI=1S/C31H42N2O5/c1-8-32-28-21-26(33(35)36)15-16-27(28)29(37-19-17-24(6)13-9-11-22(2)3)30(31(32)34)38-20-18-25(7)14-10-12-23(4)5/h11-12,15-18,21H,8-10,13-14,19-20H2,1-7H3. The van der Waals surface area contributed by atoms with Crippen molar-refractivity contribution in [2.75, 3.05) is 13.2 Å². The van der Waals surface area contributed by atoms with Gasteiger partial charge in [-0.05, 0) is 92.4 Å². The molecule has 1 aromatic heterocycles. The first-order valence-corrected chi connectivity index (χ1v) is 13.2. The largest absolute Gasteiger partial charge is 0.485 e. The van der Waals surface area contributed by atoms with Crippen LogP contribution in [0.1, 0.15) is 74.1 Å². The maximum absolute atomic E-state index is 13.5. The minimum Gasteiger partial charge on any atom is -0.485 e. The van der Waals surface area contributed by atoms with E-state index in [4.69, 9.17) is 9.47 Å². The summed E-state index contributed by atoms with van der Waals surface area (Å²) in [6, 6.07) is 4.48. The molecule has 0 aliphatic heterocycles. The molecular weight excluding hydrogens is 480 g/mol. The highest BCUT2D eigenvalue weighted by Gasteiger charge is 2.21. The molecular formula is C31H42N2O5. The lowest BCUT2D eigenvalue weighted by Crippen LogP contribution is -2.23. The summed E-state index contributed by atoms with van der Waals surface area (Å²) < 4.78 is 13.7. The number of nitro groups is 1. The van der Waals surface area contributed by atoms with E-state index in [2.05, 4.69) is 46.8 Å². The lowest BCUT2D eigenvalue weighted by atomic mass is 10.1. The monoisotopic (exact) mass is 522 g/mol. The Morgan fingerprint density at radius 1 is 0.868 bits per heavy atom. The molecule has 7 heteroatoms. The third kappa shape index (κ3) is 9.05. The van der Waals surface area contributed by atoms with Gasteiger partial charge in [-0.25, -0.2) is 0 Å². The van der Waals surface area contributed by atoms with E-state index >= 15 is 0 Å². The predicted octanol–water partition coefficient (Wildman–Crippen LogP) is 8.07. The van der Waals surface area contributed by atoms with Crippen LogP contribution in [0.25, 0.3) is 10.9 Å². The molecule has 0 fully saturated rings. The summed E-state index contributed by atoms with van der Waals surface area (Å²) >= 11 is 0. The van der Waals surface area contributed by atoms with Crippen molar-refractivity contribution >= 4 is 16.6 Å². The van der Waals surface area contributed by atoms with E-state index in [0.29, 0.717) is 23.2 Å². The molecule has 0 amide bonds. The smallest absolute Gasteiger partial charge is 0.297 e. The average molecular weight is 523 g/mol. The minimum absolute atomic E-state index is 0.0799. The number of aromatic nitrogens is 1. The van der Waals surface area contributed by atoms with Gasteiger partial charge in [-0.15, -0.1) is 0 Å². The maximum atomic E-state index is 13.5. The van der Waals surface area contributed by atoms with Crippen LogP contribution in [-0.2, 0) is 6.54 Å². The van der Waals surface area contributed by atoms with E-state index in [0.717, 1.165) is 25.7 Å². The van der Waals surface area contributed by atoms with E-state index in [1.54, 1.807) is 6.07 Å². The zero-order chi connectivity index (χ0) is 28.2. The number of hydrogen-bond donors (Lipinski definition) is 0. The molecule has 0 spiro atoms. The second kappa shape index (κ2) is 15.0. The summed E-state index contributed by atoms with van der Waals surface area (Å²) in [4.78, 5) is 24.4. The lowest BCUT2D eigenvalue weighted by Gasteiger charge is -2.17. The van der Waals surface area contributed by atoms with E-state index in [-0.39, 0.29) is 30.2 Å². The third-order valence-corrected chi connectivity index (χ3v) is 6.19. The number of non-ortho nitro benzene ring substituents is 1. The molecule has 0 aliphatic rings. The summed E-state index contributed by atoms with van der Waals surface area (Å²) in [6.45, 7) is 15.1. The number of pyridine rings is 1. The van der Waals surface area contributed by atoms with Gasteiger partial charge in [0.25, 0.3) is 11.2 Å². The second-order valence-corrected chi connectivity index (χ2v) is 10.0. The molecule has 2 rings (SSSR count). The van der Waals surface area contributed by atoms with Crippen molar-refractivity contribution in [1.82, 2.24) is 4.57 Å². The molecule has 0 saturated carbocycles. The summed E-state index contributed by atoms with van der Waals surface area (Å²) in [5.41, 5.74) is 4.93. The van der Waals surface area contributed by atoms with Gasteiger partial charge in [-0.1, -0.05) is 34.4 Å². The van der Waals surface area contributed by atoms with Gasteiger partial charge >= 0.3 is 0 Å². The first-order chi connectivity index (χ1) is 18.0. The van der Waals surface area contributed by atoms with Crippen LogP contribution in [-0.4, -0.2) is 22.7 Å². The fraction of sp³-hybridized carbons (Fsp3) is 0.452. The second-order valence-electron chi connectivity index (χ2n) is 10.0. The Labute approximate surface area is 226 Å². The highest BCUT2D eigenvalue weighted by molar-refractivity contribution is 5.89. The van der Waals surface area contributed by atoms with Gasteiger partial charge in [0.05, 0.1) is 10.4 Å². The van der Waals surface area contributed by atoms with E-state index in [9.17, 15) is 14.9 Å². The highest BCUT2D eigenvalue weighted by Crippen LogP contribution is 2.35. The first kappa shape index (κ1) is 30.6. The van der Waals surface area contributed by atoms with Crippen molar-refractivity contribution in [2.24, 2.45) is 0 Å². The Kier molecular flexibility index (Phi) is 12.1.